The predicted molar refractivity (Wildman–Crippen MR) is 79.1 cm³/mol. The molecule has 0 fully saturated rings. The van der Waals surface area contributed by atoms with E-state index in [2.05, 4.69) is 0 Å². The molecule has 1 nitrogen and oxygen atoms in total. The summed E-state index contributed by atoms with van der Waals surface area (Å²) in [7, 11) is 0.578. The Kier molecular flexibility index (Phi) is 6.31. The summed E-state index contributed by atoms with van der Waals surface area (Å²) >= 11 is 0. The summed E-state index contributed by atoms with van der Waals surface area (Å²) in [5, 5.41) is 0. The highest BCUT2D eigenvalue weighted by atomic mass is 28.2. The molecule has 0 unspecified atom stereocenters. The number of aryl methyl sites for hydroxylation is 1. The first-order valence-electron chi connectivity index (χ1n) is 7.19. The van der Waals surface area contributed by atoms with Gasteiger partial charge in [0, 0.05) is 5.60 Å². The Labute approximate surface area is 134 Å². The van der Waals surface area contributed by atoms with Crippen molar-refractivity contribution < 1.29 is 30.8 Å². The minimum absolute atomic E-state index is 0.0525. The van der Waals surface area contributed by atoms with E-state index in [1.54, 1.807) is 0 Å². The minimum Gasteiger partial charge on any atom is -0.423 e. The third-order valence-corrected chi connectivity index (χ3v) is 4.80. The van der Waals surface area contributed by atoms with E-state index in [-0.39, 0.29) is 23.7 Å². The molecule has 132 valence electrons. The van der Waals surface area contributed by atoms with Crippen LogP contribution in [0.4, 0.5) is 26.3 Å². The molecule has 0 saturated carbocycles. The molecular formula is C15H20F6OSi. The van der Waals surface area contributed by atoms with Crippen LogP contribution >= 0.6 is 0 Å². The zero-order valence-electron chi connectivity index (χ0n) is 13.2. The highest BCUT2D eigenvalue weighted by Crippen LogP contribution is 2.36. The standard InChI is InChI=1S/C15H20F6OSi/c1-13(2,22-23)6-4-3-5-10-7-11(14(16,17)18)9-12(8-10)15(19,20)21/h7-9H,3-6H2,1-2,23H3. The van der Waals surface area contributed by atoms with E-state index in [0.29, 0.717) is 29.7 Å². The van der Waals surface area contributed by atoms with Crippen molar-refractivity contribution in [1.82, 2.24) is 0 Å². The van der Waals surface area contributed by atoms with Crippen molar-refractivity contribution in [3.63, 3.8) is 0 Å². The van der Waals surface area contributed by atoms with Crippen LogP contribution in [0.15, 0.2) is 18.2 Å². The van der Waals surface area contributed by atoms with E-state index < -0.39 is 23.5 Å². The second-order valence-corrected chi connectivity index (χ2v) is 6.49. The van der Waals surface area contributed by atoms with Gasteiger partial charge in [0.25, 0.3) is 0 Å². The molecule has 8 heteroatoms. The largest absolute Gasteiger partial charge is 0.423 e. The van der Waals surface area contributed by atoms with E-state index in [1.807, 2.05) is 13.8 Å². The van der Waals surface area contributed by atoms with Gasteiger partial charge in [-0.1, -0.05) is 6.42 Å². The van der Waals surface area contributed by atoms with Crippen molar-refractivity contribution in [3.8, 4) is 0 Å². The highest BCUT2D eigenvalue weighted by molar-refractivity contribution is 5.98. The molecule has 23 heavy (non-hydrogen) atoms. The number of alkyl halides is 6. The van der Waals surface area contributed by atoms with Gasteiger partial charge >= 0.3 is 12.4 Å². The van der Waals surface area contributed by atoms with Crippen molar-refractivity contribution in [2.75, 3.05) is 0 Å². The lowest BCUT2D eigenvalue weighted by atomic mass is 9.97. The molecule has 0 aliphatic rings. The molecule has 0 radical (unpaired) electrons. The normalized spacial score (nSPS) is 13.6. The van der Waals surface area contributed by atoms with Gasteiger partial charge in [0.2, 0.25) is 0 Å². The Morgan fingerprint density at radius 2 is 1.35 bits per heavy atom. The molecule has 1 rings (SSSR count). The smallest absolute Gasteiger partial charge is 0.416 e. The van der Waals surface area contributed by atoms with Gasteiger partial charge in [-0.2, -0.15) is 26.3 Å². The average molecular weight is 358 g/mol. The van der Waals surface area contributed by atoms with E-state index in [4.69, 9.17) is 4.43 Å². The molecule has 0 heterocycles. The van der Waals surface area contributed by atoms with Crippen LogP contribution in [-0.2, 0) is 23.2 Å². The number of hydrogen-bond acceptors (Lipinski definition) is 1. The second kappa shape index (κ2) is 7.25. The van der Waals surface area contributed by atoms with Crippen LogP contribution in [0.1, 0.15) is 49.8 Å². The van der Waals surface area contributed by atoms with Crippen LogP contribution in [0.2, 0.25) is 0 Å². The molecule has 0 aliphatic carbocycles. The van der Waals surface area contributed by atoms with Crippen molar-refractivity contribution in [2.24, 2.45) is 0 Å². The van der Waals surface area contributed by atoms with Crippen molar-refractivity contribution >= 4 is 10.5 Å². The maximum Gasteiger partial charge on any atom is 0.416 e. The Bertz CT molecular complexity index is 489. The fourth-order valence-electron chi connectivity index (χ4n) is 2.15. The minimum atomic E-state index is -4.79. The van der Waals surface area contributed by atoms with E-state index >= 15 is 0 Å². The Morgan fingerprint density at radius 1 is 0.870 bits per heavy atom. The molecule has 0 amide bonds. The van der Waals surface area contributed by atoms with Gasteiger partial charge in [0.15, 0.2) is 0 Å². The quantitative estimate of drug-likeness (QED) is 0.413. The van der Waals surface area contributed by atoms with Gasteiger partial charge in [-0.05, 0) is 56.9 Å². The summed E-state index contributed by atoms with van der Waals surface area (Å²) in [6.45, 7) is 3.82. The second-order valence-electron chi connectivity index (χ2n) is 6.09. The van der Waals surface area contributed by atoms with Crippen LogP contribution in [0, 0.1) is 0 Å². The van der Waals surface area contributed by atoms with E-state index in [1.165, 1.54) is 0 Å². The number of rotatable bonds is 6. The van der Waals surface area contributed by atoms with Gasteiger partial charge in [-0.25, -0.2) is 0 Å². The SMILES string of the molecule is CC(C)(CCCCc1cc(C(F)(F)F)cc(C(F)(F)F)c1)O[SiH3]. The summed E-state index contributed by atoms with van der Waals surface area (Å²) in [4.78, 5) is 0. The van der Waals surface area contributed by atoms with Gasteiger partial charge in [-0.15, -0.1) is 0 Å². The highest BCUT2D eigenvalue weighted by Gasteiger charge is 2.36. The van der Waals surface area contributed by atoms with Crippen molar-refractivity contribution in [2.45, 2.75) is 57.5 Å². The summed E-state index contributed by atoms with van der Waals surface area (Å²) in [6, 6.07) is 1.75. The summed E-state index contributed by atoms with van der Waals surface area (Å²) in [5.74, 6) is 0. The third kappa shape index (κ3) is 6.54. The Balaban J connectivity index is 2.86. The lowest BCUT2D eigenvalue weighted by Gasteiger charge is -2.23. The molecule has 0 bridgehead atoms. The van der Waals surface area contributed by atoms with Gasteiger partial charge < -0.3 is 4.43 Å². The summed E-state index contributed by atoms with van der Waals surface area (Å²) < 4.78 is 81.8. The van der Waals surface area contributed by atoms with E-state index in [0.717, 1.165) is 12.1 Å². The summed E-state index contributed by atoms with van der Waals surface area (Å²) in [5.41, 5.74) is -2.76. The maximum atomic E-state index is 12.7. The number of halogens is 6. The Morgan fingerprint density at radius 3 is 1.74 bits per heavy atom. The zero-order chi connectivity index (χ0) is 17.9. The molecule has 0 spiro atoms. The lowest BCUT2D eigenvalue weighted by Crippen LogP contribution is -2.22. The topological polar surface area (TPSA) is 9.23 Å². The van der Waals surface area contributed by atoms with E-state index in [9.17, 15) is 26.3 Å². The van der Waals surface area contributed by atoms with Crippen LogP contribution in [0.3, 0.4) is 0 Å². The molecule has 1 aromatic carbocycles. The fraction of sp³-hybridized carbons (Fsp3) is 0.600. The number of benzene rings is 1. The van der Waals surface area contributed by atoms with Crippen LogP contribution in [0.5, 0.6) is 0 Å². The molecule has 1 aromatic rings. The van der Waals surface area contributed by atoms with Gasteiger partial charge in [-0.3, -0.25) is 0 Å². The van der Waals surface area contributed by atoms with Gasteiger partial charge in [0.1, 0.15) is 10.5 Å². The van der Waals surface area contributed by atoms with Gasteiger partial charge in [0.05, 0.1) is 11.1 Å². The van der Waals surface area contributed by atoms with Crippen LogP contribution in [0.25, 0.3) is 0 Å². The maximum absolute atomic E-state index is 12.7. The lowest BCUT2D eigenvalue weighted by molar-refractivity contribution is -0.143. The number of unbranched alkanes of at least 4 members (excludes halogenated alkanes) is 1. The molecule has 0 aliphatic heterocycles. The molecule has 0 aromatic heterocycles. The Hall–Kier alpha value is -1.02. The first-order chi connectivity index (χ1) is 10.3. The molecule has 0 atom stereocenters. The summed E-state index contributed by atoms with van der Waals surface area (Å²) in [6.07, 6.45) is -7.52. The zero-order valence-corrected chi connectivity index (χ0v) is 15.2. The fourth-order valence-corrected chi connectivity index (χ4v) is 2.35. The number of hydrogen-bond donors (Lipinski definition) is 0. The van der Waals surface area contributed by atoms with Crippen molar-refractivity contribution in [1.29, 1.82) is 0 Å². The first-order valence-corrected chi connectivity index (χ1v) is 8.00. The third-order valence-electron chi connectivity index (χ3n) is 3.69. The van der Waals surface area contributed by atoms with Crippen molar-refractivity contribution in [3.05, 3.63) is 34.9 Å². The molecule has 0 N–H and O–H groups in total. The van der Waals surface area contributed by atoms with Crippen LogP contribution in [-0.4, -0.2) is 16.1 Å². The first kappa shape index (κ1) is 20.0. The predicted octanol–water partition coefficient (Wildman–Crippen LogP) is 4.51. The monoisotopic (exact) mass is 358 g/mol. The average Bonchev–Trinajstić information content (AvgIpc) is 2.41. The van der Waals surface area contributed by atoms with Crippen LogP contribution < -0.4 is 0 Å². The molecule has 0 saturated heterocycles. The molecular weight excluding hydrogens is 338 g/mol.